The van der Waals surface area contributed by atoms with Crippen LogP contribution in [-0.4, -0.2) is 6.54 Å². The highest BCUT2D eigenvalue weighted by atomic mass is 79.9. The first kappa shape index (κ1) is 14.5. The van der Waals surface area contributed by atoms with Crippen molar-refractivity contribution in [1.29, 1.82) is 0 Å². The van der Waals surface area contributed by atoms with E-state index in [-0.39, 0.29) is 0 Å². The summed E-state index contributed by atoms with van der Waals surface area (Å²) >= 11 is 5.63. The molecule has 1 saturated carbocycles. The second-order valence-electron chi connectivity index (χ2n) is 5.73. The van der Waals surface area contributed by atoms with Gasteiger partial charge in [-0.25, -0.2) is 0 Å². The number of hydrogen-bond donors (Lipinski definition) is 1. The van der Waals surface area contributed by atoms with Crippen LogP contribution in [0.15, 0.2) is 10.5 Å². The Morgan fingerprint density at radius 1 is 1.28 bits per heavy atom. The molecule has 3 heteroatoms. The van der Waals surface area contributed by atoms with Gasteiger partial charge in [0.1, 0.15) is 0 Å². The van der Waals surface area contributed by atoms with Crippen LogP contribution in [0.5, 0.6) is 0 Å². The molecule has 1 heterocycles. The van der Waals surface area contributed by atoms with E-state index in [4.69, 9.17) is 5.73 Å². The fourth-order valence-corrected chi connectivity index (χ4v) is 5.18. The van der Waals surface area contributed by atoms with Gasteiger partial charge in [0.25, 0.3) is 0 Å². The molecular formula is C15H24BrNS. The van der Waals surface area contributed by atoms with E-state index in [9.17, 15) is 0 Å². The third-order valence-electron chi connectivity index (χ3n) is 4.35. The molecule has 0 atom stereocenters. The number of halogens is 1. The molecule has 1 aromatic rings. The monoisotopic (exact) mass is 329 g/mol. The minimum absolute atomic E-state index is 0.546. The van der Waals surface area contributed by atoms with Crippen molar-refractivity contribution in [3.63, 3.8) is 0 Å². The molecule has 0 aromatic carbocycles. The second kappa shape index (κ2) is 6.53. The van der Waals surface area contributed by atoms with Crippen LogP contribution in [0.4, 0.5) is 0 Å². The van der Waals surface area contributed by atoms with Gasteiger partial charge in [-0.15, -0.1) is 11.3 Å². The third kappa shape index (κ3) is 3.58. The molecule has 1 aliphatic carbocycles. The van der Waals surface area contributed by atoms with Crippen molar-refractivity contribution in [3.05, 3.63) is 20.3 Å². The van der Waals surface area contributed by atoms with Gasteiger partial charge in [-0.05, 0) is 73.0 Å². The van der Waals surface area contributed by atoms with Gasteiger partial charge in [-0.2, -0.15) is 0 Å². The van der Waals surface area contributed by atoms with Crippen LogP contribution < -0.4 is 5.73 Å². The van der Waals surface area contributed by atoms with E-state index >= 15 is 0 Å². The summed E-state index contributed by atoms with van der Waals surface area (Å²) in [5.41, 5.74) is 6.39. The number of thiophene rings is 1. The normalized spacial score (nSPS) is 19.1. The Hall–Kier alpha value is 0.140. The smallest absolute Gasteiger partial charge is 0.0317 e. The summed E-state index contributed by atoms with van der Waals surface area (Å²) in [7, 11) is 0. The second-order valence-corrected chi connectivity index (χ2v) is 7.92. The molecule has 1 aliphatic rings. The van der Waals surface area contributed by atoms with Crippen molar-refractivity contribution >= 4 is 27.3 Å². The van der Waals surface area contributed by atoms with Gasteiger partial charge in [0.15, 0.2) is 0 Å². The van der Waals surface area contributed by atoms with E-state index in [1.807, 2.05) is 11.3 Å². The molecule has 0 aliphatic heterocycles. The van der Waals surface area contributed by atoms with Crippen molar-refractivity contribution < 1.29 is 0 Å². The fraction of sp³-hybridized carbons (Fsp3) is 0.733. The van der Waals surface area contributed by atoms with Crippen molar-refractivity contribution in [2.24, 2.45) is 11.1 Å². The predicted molar refractivity (Wildman–Crippen MR) is 84.3 cm³/mol. The largest absolute Gasteiger partial charge is 0.330 e. The molecule has 1 nitrogen and oxygen atoms in total. The first-order valence-corrected chi connectivity index (χ1v) is 8.71. The van der Waals surface area contributed by atoms with Gasteiger partial charge in [0.05, 0.1) is 0 Å². The van der Waals surface area contributed by atoms with Crippen molar-refractivity contribution in [3.8, 4) is 0 Å². The van der Waals surface area contributed by atoms with Gasteiger partial charge in [0, 0.05) is 14.2 Å². The molecule has 0 radical (unpaired) electrons. The SMILES string of the molecule is Cc1cc(Br)c(CCC2(CCN)CCCCC2)s1. The zero-order valence-corrected chi connectivity index (χ0v) is 13.7. The lowest BCUT2D eigenvalue weighted by atomic mass is 9.69. The van der Waals surface area contributed by atoms with E-state index in [1.165, 1.54) is 65.6 Å². The lowest BCUT2D eigenvalue weighted by Crippen LogP contribution is -2.27. The molecule has 0 spiro atoms. The molecule has 102 valence electrons. The molecule has 1 aromatic heterocycles. The molecule has 0 amide bonds. The minimum atomic E-state index is 0.546. The van der Waals surface area contributed by atoms with Crippen molar-refractivity contribution in [2.75, 3.05) is 6.54 Å². The predicted octanol–water partition coefficient (Wildman–Crippen LogP) is 5.05. The summed E-state index contributed by atoms with van der Waals surface area (Å²) < 4.78 is 1.31. The summed E-state index contributed by atoms with van der Waals surface area (Å²) in [5.74, 6) is 0. The Kier molecular flexibility index (Phi) is 5.28. The lowest BCUT2D eigenvalue weighted by molar-refractivity contribution is 0.161. The highest BCUT2D eigenvalue weighted by Crippen LogP contribution is 2.43. The minimum Gasteiger partial charge on any atom is -0.330 e. The molecular weight excluding hydrogens is 306 g/mol. The molecule has 0 saturated heterocycles. The van der Waals surface area contributed by atoms with E-state index in [0.29, 0.717) is 5.41 Å². The van der Waals surface area contributed by atoms with Gasteiger partial charge >= 0.3 is 0 Å². The first-order chi connectivity index (χ1) is 8.65. The topological polar surface area (TPSA) is 26.0 Å². The van der Waals surface area contributed by atoms with E-state index in [1.54, 1.807) is 0 Å². The maximum Gasteiger partial charge on any atom is 0.0317 e. The summed E-state index contributed by atoms with van der Waals surface area (Å²) in [5, 5.41) is 0. The average Bonchev–Trinajstić information content (AvgIpc) is 2.67. The van der Waals surface area contributed by atoms with Crippen LogP contribution in [0, 0.1) is 12.3 Å². The Morgan fingerprint density at radius 3 is 2.56 bits per heavy atom. The zero-order chi connectivity index (χ0) is 13.0. The summed E-state index contributed by atoms with van der Waals surface area (Å²) in [6, 6.07) is 2.25. The summed E-state index contributed by atoms with van der Waals surface area (Å²) in [6.45, 7) is 3.04. The van der Waals surface area contributed by atoms with Gasteiger partial charge in [-0.3, -0.25) is 0 Å². The number of rotatable bonds is 5. The first-order valence-electron chi connectivity index (χ1n) is 7.10. The Bertz CT molecular complexity index is 374. The standard InChI is InChI=1S/C15H24BrNS/c1-12-11-13(16)14(18-12)5-8-15(9-10-17)6-3-2-4-7-15/h11H,2-10,17H2,1H3. The maximum atomic E-state index is 5.84. The van der Waals surface area contributed by atoms with Crippen LogP contribution in [0.25, 0.3) is 0 Å². The number of hydrogen-bond acceptors (Lipinski definition) is 2. The van der Waals surface area contributed by atoms with E-state index in [0.717, 1.165) is 6.54 Å². The molecule has 0 bridgehead atoms. The molecule has 18 heavy (non-hydrogen) atoms. The quantitative estimate of drug-likeness (QED) is 0.803. The maximum absolute atomic E-state index is 5.84. The zero-order valence-electron chi connectivity index (χ0n) is 11.3. The van der Waals surface area contributed by atoms with Crippen LogP contribution >= 0.6 is 27.3 Å². The highest BCUT2D eigenvalue weighted by Gasteiger charge is 2.31. The van der Waals surface area contributed by atoms with Crippen LogP contribution in [0.1, 0.15) is 54.7 Å². The van der Waals surface area contributed by atoms with Gasteiger partial charge < -0.3 is 5.73 Å². The molecule has 0 unspecified atom stereocenters. The van der Waals surface area contributed by atoms with Crippen LogP contribution in [-0.2, 0) is 6.42 Å². The van der Waals surface area contributed by atoms with E-state index < -0.39 is 0 Å². The van der Waals surface area contributed by atoms with Crippen LogP contribution in [0.3, 0.4) is 0 Å². The Labute approximate surface area is 123 Å². The Balaban J connectivity index is 1.99. The molecule has 2 N–H and O–H groups in total. The molecule has 2 rings (SSSR count). The summed E-state index contributed by atoms with van der Waals surface area (Å²) in [6.07, 6.45) is 10.8. The van der Waals surface area contributed by atoms with Gasteiger partial charge in [-0.1, -0.05) is 19.3 Å². The third-order valence-corrected chi connectivity index (χ3v) is 6.43. The van der Waals surface area contributed by atoms with E-state index in [2.05, 4.69) is 28.9 Å². The van der Waals surface area contributed by atoms with Crippen molar-refractivity contribution in [2.45, 2.75) is 58.3 Å². The Morgan fingerprint density at radius 2 is 2.00 bits per heavy atom. The highest BCUT2D eigenvalue weighted by molar-refractivity contribution is 9.10. The number of nitrogens with two attached hydrogens (primary N) is 1. The fourth-order valence-electron chi connectivity index (χ4n) is 3.31. The molecule has 1 fully saturated rings. The number of aryl methyl sites for hydroxylation is 2. The summed E-state index contributed by atoms with van der Waals surface area (Å²) in [4.78, 5) is 2.93. The van der Waals surface area contributed by atoms with Crippen molar-refractivity contribution in [1.82, 2.24) is 0 Å². The average molecular weight is 330 g/mol. The lowest BCUT2D eigenvalue weighted by Gasteiger charge is -2.37. The van der Waals surface area contributed by atoms with Crippen LogP contribution in [0.2, 0.25) is 0 Å². The van der Waals surface area contributed by atoms with Gasteiger partial charge in [0.2, 0.25) is 0 Å².